The molecule has 0 aliphatic rings. The first kappa shape index (κ1) is 18.1. The maximum absolute atomic E-state index is 9.47. The van der Waals surface area contributed by atoms with Crippen LogP contribution in [0.25, 0.3) is 0 Å². The second-order valence-corrected chi connectivity index (χ2v) is 3.49. The molecule has 1 atom stereocenters. The Morgan fingerprint density at radius 3 is 2.29 bits per heavy atom. The van der Waals surface area contributed by atoms with Gasteiger partial charge in [-0.15, -0.1) is 12.4 Å². The molecule has 0 spiro atoms. The fourth-order valence-corrected chi connectivity index (χ4v) is 1.07. The maximum atomic E-state index is 9.47. The summed E-state index contributed by atoms with van der Waals surface area (Å²) in [5.74, 6) is -0.481. The molecule has 0 fully saturated rings. The first-order valence-corrected chi connectivity index (χ1v) is 5.23. The van der Waals surface area contributed by atoms with Crippen molar-refractivity contribution in [1.29, 1.82) is 0 Å². The van der Waals surface area contributed by atoms with Crippen LogP contribution in [0.15, 0.2) is 43.0 Å². The van der Waals surface area contributed by atoms with Crippen LogP contribution < -0.4 is 11.1 Å². The fourth-order valence-electron chi connectivity index (χ4n) is 1.07. The summed E-state index contributed by atoms with van der Waals surface area (Å²) < 4.78 is 0. The predicted molar refractivity (Wildman–Crippen MR) is 75.3 cm³/mol. The van der Waals surface area contributed by atoms with Crippen molar-refractivity contribution in [3.8, 4) is 0 Å². The fraction of sp³-hybridized carbons (Fsp3) is 0.308. The molecule has 1 aromatic rings. The van der Waals surface area contributed by atoms with Gasteiger partial charge in [0.05, 0.1) is 0 Å². The molecule has 0 aliphatic carbocycles. The predicted octanol–water partition coefficient (Wildman–Crippen LogP) is 1.92. The summed E-state index contributed by atoms with van der Waals surface area (Å²) in [6.07, 6.45) is 2.16. The summed E-state index contributed by atoms with van der Waals surface area (Å²) >= 11 is 0. The number of halogens is 1. The number of carbonyl (C=O) groups excluding carboxylic acids is 1. The molecule has 0 unspecified atom stereocenters. The number of nitrogens with two attached hydrogens (primary N) is 1. The molecule has 0 radical (unpaired) electrons. The van der Waals surface area contributed by atoms with E-state index in [0.717, 1.165) is 12.5 Å². The number of hydrogen-bond acceptors (Lipinski definition) is 2. The van der Waals surface area contributed by atoms with Crippen LogP contribution in [0.4, 0.5) is 0 Å². The minimum atomic E-state index is -0.481. The number of nitrogens with one attached hydrogen (secondary N) is 1. The smallest absolute Gasteiger partial charge is 0.240 e. The first-order valence-electron chi connectivity index (χ1n) is 5.23. The van der Waals surface area contributed by atoms with Gasteiger partial charge in [0.1, 0.15) is 0 Å². The summed E-state index contributed by atoms with van der Waals surface area (Å²) in [6, 6.07) is 11.1. The van der Waals surface area contributed by atoms with Crippen LogP contribution in [-0.2, 0) is 11.2 Å². The molecule has 0 bridgehead atoms. The molecule has 1 rings (SSSR count). The zero-order valence-electron chi connectivity index (χ0n) is 10.3. The average molecular weight is 257 g/mol. The third-order valence-electron chi connectivity index (χ3n) is 2.08. The lowest BCUT2D eigenvalue weighted by molar-refractivity contribution is -0.113. The van der Waals surface area contributed by atoms with Crippen LogP contribution in [0.3, 0.4) is 0 Å². The van der Waals surface area contributed by atoms with Crippen molar-refractivity contribution in [1.82, 2.24) is 5.32 Å². The highest BCUT2D eigenvalue weighted by Crippen LogP contribution is 2.01. The van der Waals surface area contributed by atoms with Crippen LogP contribution in [0.2, 0.25) is 0 Å². The number of hydrogen-bond donors (Lipinski definition) is 2. The molecule has 0 saturated heterocycles. The number of amides is 1. The van der Waals surface area contributed by atoms with Gasteiger partial charge in [-0.25, -0.2) is 0 Å². The van der Waals surface area contributed by atoms with Gasteiger partial charge in [-0.1, -0.05) is 36.9 Å². The van der Waals surface area contributed by atoms with Gasteiger partial charge in [-0.05, 0) is 32.0 Å². The van der Waals surface area contributed by atoms with Gasteiger partial charge in [-0.2, -0.15) is 0 Å². The number of carbonyl (C=O) groups is 1. The summed E-state index contributed by atoms with van der Waals surface area (Å²) in [5.41, 5.74) is 5.93. The van der Waals surface area contributed by atoms with E-state index in [4.69, 9.17) is 0 Å². The molecule has 17 heavy (non-hydrogen) atoms. The highest BCUT2D eigenvalue weighted by molar-refractivity contribution is 5.85. The Kier molecular flexibility index (Phi) is 11.9. The van der Waals surface area contributed by atoms with E-state index in [-0.39, 0.29) is 12.4 Å². The molecule has 1 amide bonds. The molecule has 0 saturated carbocycles. The van der Waals surface area contributed by atoms with Crippen molar-refractivity contribution in [3.05, 3.63) is 48.6 Å². The number of primary amides is 1. The SMILES string of the molecule is C=CC(N)=O.CN[C@@H](C)Cc1ccccc1.Cl. The molecule has 1 aromatic carbocycles. The van der Waals surface area contributed by atoms with E-state index in [1.165, 1.54) is 5.56 Å². The number of likely N-dealkylation sites (N-methyl/N-ethyl adjacent to an activating group) is 1. The van der Waals surface area contributed by atoms with E-state index in [1.807, 2.05) is 13.1 Å². The molecule has 4 heteroatoms. The Labute approximate surface area is 110 Å². The highest BCUT2D eigenvalue weighted by Gasteiger charge is 1.97. The molecule has 3 N–H and O–H groups in total. The molecule has 0 aliphatic heterocycles. The third kappa shape index (κ3) is 11.0. The van der Waals surface area contributed by atoms with Crippen molar-refractivity contribution >= 4 is 18.3 Å². The van der Waals surface area contributed by atoms with Crippen molar-refractivity contribution in [3.63, 3.8) is 0 Å². The van der Waals surface area contributed by atoms with Crippen LogP contribution >= 0.6 is 12.4 Å². The molecule has 96 valence electrons. The van der Waals surface area contributed by atoms with Gasteiger partial charge in [0, 0.05) is 6.04 Å². The van der Waals surface area contributed by atoms with Crippen LogP contribution in [0.1, 0.15) is 12.5 Å². The Balaban J connectivity index is 0. The summed E-state index contributed by atoms with van der Waals surface area (Å²) in [7, 11) is 1.99. The van der Waals surface area contributed by atoms with E-state index < -0.39 is 5.91 Å². The Hall–Kier alpha value is -1.32. The quantitative estimate of drug-likeness (QED) is 0.809. The number of rotatable bonds is 4. The lowest BCUT2D eigenvalue weighted by Crippen LogP contribution is -2.23. The second-order valence-electron chi connectivity index (χ2n) is 3.49. The Morgan fingerprint density at radius 1 is 1.47 bits per heavy atom. The molecular weight excluding hydrogens is 236 g/mol. The Morgan fingerprint density at radius 2 is 1.94 bits per heavy atom. The zero-order valence-corrected chi connectivity index (χ0v) is 11.2. The largest absolute Gasteiger partial charge is 0.366 e. The van der Waals surface area contributed by atoms with E-state index in [0.29, 0.717) is 6.04 Å². The highest BCUT2D eigenvalue weighted by atomic mass is 35.5. The minimum absolute atomic E-state index is 0. The van der Waals surface area contributed by atoms with Gasteiger partial charge >= 0.3 is 0 Å². The standard InChI is InChI=1S/C10H15N.C3H5NO.ClH/c1-9(11-2)8-10-6-4-3-5-7-10;1-2-3(4)5;/h3-7,9,11H,8H2,1-2H3;2H,1H2,(H2,4,5);1H/t9-;;/m0../s1. The lowest BCUT2D eigenvalue weighted by Gasteiger charge is -2.08. The van der Waals surface area contributed by atoms with Gasteiger partial charge in [0.25, 0.3) is 0 Å². The van der Waals surface area contributed by atoms with Crippen LogP contribution in [0, 0.1) is 0 Å². The summed E-state index contributed by atoms with van der Waals surface area (Å²) in [4.78, 5) is 9.47. The van der Waals surface area contributed by atoms with Gasteiger partial charge < -0.3 is 11.1 Å². The monoisotopic (exact) mass is 256 g/mol. The van der Waals surface area contributed by atoms with Gasteiger partial charge in [-0.3, -0.25) is 4.79 Å². The average Bonchev–Trinajstić information content (AvgIpc) is 2.31. The first-order chi connectivity index (χ1) is 7.60. The van der Waals surface area contributed by atoms with Crippen molar-refractivity contribution in [2.75, 3.05) is 7.05 Å². The zero-order chi connectivity index (χ0) is 12.4. The lowest BCUT2D eigenvalue weighted by atomic mass is 10.1. The summed E-state index contributed by atoms with van der Waals surface area (Å²) in [6.45, 7) is 5.27. The number of benzene rings is 1. The third-order valence-corrected chi connectivity index (χ3v) is 2.08. The Bertz CT molecular complexity index is 314. The van der Waals surface area contributed by atoms with E-state index in [1.54, 1.807) is 0 Å². The topological polar surface area (TPSA) is 55.1 Å². The van der Waals surface area contributed by atoms with Crippen molar-refractivity contribution in [2.45, 2.75) is 19.4 Å². The normalized spacial score (nSPS) is 10.2. The van der Waals surface area contributed by atoms with E-state index in [9.17, 15) is 4.79 Å². The van der Waals surface area contributed by atoms with E-state index >= 15 is 0 Å². The summed E-state index contributed by atoms with van der Waals surface area (Å²) in [5, 5.41) is 3.21. The maximum Gasteiger partial charge on any atom is 0.240 e. The van der Waals surface area contributed by atoms with Crippen molar-refractivity contribution in [2.24, 2.45) is 5.73 Å². The molecule has 3 nitrogen and oxygen atoms in total. The minimum Gasteiger partial charge on any atom is -0.366 e. The molecular formula is C13H21ClN2O. The molecule has 0 heterocycles. The van der Waals surface area contributed by atoms with Crippen LogP contribution in [0.5, 0.6) is 0 Å². The van der Waals surface area contributed by atoms with Crippen molar-refractivity contribution < 1.29 is 4.79 Å². The van der Waals surface area contributed by atoms with Gasteiger partial charge in [0.2, 0.25) is 5.91 Å². The van der Waals surface area contributed by atoms with E-state index in [2.05, 4.69) is 48.8 Å². The van der Waals surface area contributed by atoms with Crippen LogP contribution in [-0.4, -0.2) is 19.0 Å². The second kappa shape index (κ2) is 11.2. The van der Waals surface area contributed by atoms with Gasteiger partial charge in [0.15, 0.2) is 0 Å². The molecule has 0 aromatic heterocycles.